The van der Waals surface area contributed by atoms with Gasteiger partial charge in [0, 0.05) is 53.1 Å². The Bertz CT molecular complexity index is 1950. The van der Waals surface area contributed by atoms with Gasteiger partial charge in [-0.3, -0.25) is 9.78 Å². The van der Waals surface area contributed by atoms with Crippen LogP contribution in [-0.4, -0.2) is 42.6 Å². The normalized spacial score (nSPS) is 14.2. The molecule has 3 aromatic heterocycles. The lowest BCUT2D eigenvalue weighted by Gasteiger charge is -2.32. The molecule has 2 N–H and O–H groups in total. The van der Waals surface area contributed by atoms with Crippen LogP contribution in [0.1, 0.15) is 18.5 Å². The Morgan fingerprint density at radius 3 is 2.68 bits per heavy atom. The Morgan fingerprint density at radius 1 is 1.19 bits per heavy atom. The summed E-state index contributed by atoms with van der Waals surface area (Å²) >= 11 is 0. The average Bonchev–Trinajstić information content (AvgIpc) is 3.23. The lowest BCUT2D eigenvalue weighted by Crippen LogP contribution is -2.44. The van der Waals surface area contributed by atoms with Crippen LogP contribution in [0.3, 0.4) is 0 Å². The molecule has 6 rings (SSSR count). The molecule has 0 amide bonds. The summed E-state index contributed by atoms with van der Waals surface area (Å²) in [4.78, 5) is 20.7. The third-order valence-corrected chi connectivity index (χ3v) is 7.53. The van der Waals surface area contributed by atoms with Crippen molar-refractivity contribution in [1.82, 2.24) is 19.9 Å². The number of aromatic nitrogens is 3. The predicted molar refractivity (Wildman–Crippen MR) is 140 cm³/mol. The second kappa shape index (κ2) is 8.44. The zero-order chi connectivity index (χ0) is 25.9. The number of nitrogens with zero attached hydrogens (tertiary/aromatic N) is 2. The molecule has 4 heterocycles. The second-order valence-electron chi connectivity index (χ2n) is 8.91. The first-order chi connectivity index (χ1) is 17.8. The van der Waals surface area contributed by atoms with Crippen molar-refractivity contribution in [3.63, 3.8) is 0 Å². The average molecular weight is 517 g/mol. The van der Waals surface area contributed by atoms with E-state index in [9.17, 15) is 17.1 Å². The molecule has 0 unspecified atom stereocenters. The highest BCUT2D eigenvalue weighted by molar-refractivity contribution is 7.86. The molecule has 0 radical (unpaired) electrons. The van der Waals surface area contributed by atoms with Gasteiger partial charge in [-0.15, -0.1) is 10.3 Å². The maximum atomic E-state index is 13.9. The highest BCUT2D eigenvalue weighted by atomic mass is 32.3. The van der Waals surface area contributed by atoms with Gasteiger partial charge in [0.05, 0.1) is 28.9 Å². The minimum atomic E-state index is -4.96. The van der Waals surface area contributed by atoms with Gasteiger partial charge in [0.1, 0.15) is 16.3 Å². The summed E-state index contributed by atoms with van der Waals surface area (Å²) in [5.41, 5.74) is 3.45. The van der Waals surface area contributed by atoms with Crippen LogP contribution in [0.5, 0.6) is 5.75 Å². The molecule has 1 aliphatic heterocycles. The van der Waals surface area contributed by atoms with Crippen molar-refractivity contribution in [1.29, 1.82) is 0 Å². The molecule has 0 aliphatic carbocycles. The summed E-state index contributed by atoms with van der Waals surface area (Å²) in [6.45, 7) is 3.52. The van der Waals surface area contributed by atoms with Crippen molar-refractivity contribution in [3.8, 4) is 29.2 Å². The minimum Gasteiger partial charge on any atom is -0.493 e. The summed E-state index contributed by atoms with van der Waals surface area (Å²) < 4.78 is 44.8. The number of benzene rings is 2. The summed E-state index contributed by atoms with van der Waals surface area (Å²) in [5.74, 6) is 3.00. The Morgan fingerprint density at radius 2 is 2.00 bits per heavy atom. The fourth-order valence-electron chi connectivity index (χ4n) is 4.92. The van der Waals surface area contributed by atoms with E-state index in [1.807, 2.05) is 18.2 Å². The number of pyridine rings is 2. The number of aromatic amines is 1. The predicted octanol–water partition coefficient (Wildman–Crippen LogP) is 3.88. The lowest BCUT2D eigenvalue weighted by atomic mass is 10.0. The van der Waals surface area contributed by atoms with Crippen molar-refractivity contribution in [2.75, 3.05) is 19.7 Å². The van der Waals surface area contributed by atoms with Crippen molar-refractivity contribution >= 4 is 43.1 Å². The van der Waals surface area contributed by atoms with Crippen LogP contribution in [-0.2, 0) is 10.2 Å². The van der Waals surface area contributed by atoms with E-state index in [1.54, 1.807) is 19.1 Å². The van der Waals surface area contributed by atoms with E-state index < -0.39 is 15.1 Å². The number of hydrogen-bond donors (Lipinski definition) is 2. The van der Waals surface area contributed by atoms with E-state index >= 15 is 0 Å². The first-order valence-electron chi connectivity index (χ1n) is 11.7. The van der Waals surface area contributed by atoms with Gasteiger partial charge >= 0.3 is 10.2 Å². The molecule has 0 saturated carbocycles. The van der Waals surface area contributed by atoms with Crippen molar-refractivity contribution < 1.29 is 17.0 Å². The molecule has 37 heavy (non-hydrogen) atoms. The molecule has 0 bridgehead atoms. The molecule has 10 heteroatoms. The van der Waals surface area contributed by atoms with Crippen molar-refractivity contribution in [2.24, 2.45) is 0 Å². The number of H-pyrrole nitrogens is 1. The SMILES string of the molecule is C#Cc1ccc2c(c1)[nH]c1c2c(=O)c2cc(OCC)c(-c3cncc(S(=O)(=O)F)c3)cc2n1C1CNC1. The minimum absolute atomic E-state index is 0.0623. The van der Waals surface area contributed by atoms with Crippen molar-refractivity contribution in [3.05, 3.63) is 64.6 Å². The molecular formula is C27H21FN4O4S. The molecule has 5 aromatic rings. The molecule has 8 nitrogen and oxygen atoms in total. The van der Waals surface area contributed by atoms with E-state index in [1.165, 1.54) is 12.3 Å². The molecule has 186 valence electrons. The smallest absolute Gasteiger partial charge is 0.333 e. The largest absolute Gasteiger partial charge is 0.493 e. The zero-order valence-corrected chi connectivity index (χ0v) is 20.5. The molecular weight excluding hydrogens is 495 g/mol. The molecule has 1 fully saturated rings. The van der Waals surface area contributed by atoms with Crippen molar-refractivity contribution in [2.45, 2.75) is 17.9 Å². The Balaban J connectivity index is 1.74. The van der Waals surface area contributed by atoms with Crippen LogP contribution in [0.2, 0.25) is 0 Å². The number of hydrogen-bond acceptors (Lipinski definition) is 6. The Labute approximate surface area is 211 Å². The van der Waals surface area contributed by atoms with E-state index in [2.05, 4.69) is 25.8 Å². The standard InChI is InChI=1S/C27H21FN4O4S/c1-3-15-5-6-19-22(7-15)31-27-25(19)26(33)21-10-24(36-4-2)20(9-23(21)32(27)17-12-30-13-17)16-8-18(14-29-11-16)37(28,34)35/h1,5-11,14,17,30-31H,4,12-13H2,2H3. The second-order valence-corrected chi connectivity index (χ2v) is 10.3. The first-order valence-corrected chi connectivity index (χ1v) is 13.1. The zero-order valence-electron chi connectivity index (χ0n) is 19.7. The number of fused-ring (bicyclic) bond motifs is 4. The van der Waals surface area contributed by atoms with Gasteiger partial charge in [-0.05, 0) is 37.3 Å². The van der Waals surface area contributed by atoms with Crippen LogP contribution in [0.15, 0.2) is 58.5 Å². The number of terminal acetylenes is 1. The monoisotopic (exact) mass is 516 g/mol. The van der Waals surface area contributed by atoms with Gasteiger partial charge < -0.3 is 19.6 Å². The number of ether oxygens (including phenoxy) is 1. The number of halogens is 1. The molecule has 0 spiro atoms. The Kier molecular flexibility index (Phi) is 5.29. The van der Waals surface area contributed by atoms with Crippen LogP contribution in [0.25, 0.3) is 44.0 Å². The summed E-state index contributed by atoms with van der Waals surface area (Å²) in [7, 11) is -4.96. The van der Waals surface area contributed by atoms with Crippen LogP contribution >= 0.6 is 0 Å². The van der Waals surface area contributed by atoms with Crippen LogP contribution in [0.4, 0.5) is 3.89 Å². The molecule has 2 aromatic carbocycles. The molecule has 1 saturated heterocycles. The lowest BCUT2D eigenvalue weighted by molar-refractivity contribution is 0.341. The van der Waals surface area contributed by atoms with E-state index in [-0.39, 0.29) is 11.5 Å². The van der Waals surface area contributed by atoms with Gasteiger partial charge in [0.25, 0.3) is 0 Å². The van der Waals surface area contributed by atoms with Gasteiger partial charge in [0.2, 0.25) is 0 Å². The van der Waals surface area contributed by atoms with Gasteiger partial charge in [-0.25, -0.2) is 0 Å². The fourth-order valence-corrected chi connectivity index (χ4v) is 5.38. The first kappa shape index (κ1) is 23.2. The maximum absolute atomic E-state index is 13.9. The third-order valence-electron chi connectivity index (χ3n) is 6.75. The molecule has 0 atom stereocenters. The Hall–Kier alpha value is -4.20. The topological polar surface area (TPSA) is 106 Å². The fraction of sp³-hybridized carbons (Fsp3) is 0.185. The van der Waals surface area contributed by atoms with E-state index in [0.29, 0.717) is 64.1 Å². The van der Waals surface area contributed by atoms with E-state index in [0.717, 1.165) is 17.1 Å². The highest BCUT2D eigenvalue weighted by Crippen LogP contribution is 2.38. The summed E-state index contributed by atoms with van der Waals surface area (Å²) in [6, 6.07) is 10.2. The van der Waals surface area contributed by atoms with Gasteiger partial charge in [-0.1, -0.05) is 12.0 Å². The number of rotatable bonds is 5. The van der Waals surface area contributed by atoms with Gasteiger partial charge in [0.15, 0.2) is 5.43 Å². The highest BCUT2D eigenvalue weighted by Gasteiger charge is 2.26. The van der Waals surface area contributed by atoms with Crippen LogP contribution in [0, 0.1) is 12.3 Å². The maximum Gasteiger partial charge on any atom is 0.333 e. The van der Waals surface area contributed by atoms with Crippen LogP contribution < -0.4 is 15.5 Å². The summed E-state index contributed by atoms with van der Waals surface area (Å²) in [6.07, 6.45) is 7.98. The quantitative estimate of drug-likeness (QED) is 0.271. The van der Waals surface area contributed by atoms with E-state index in [4.69, 9.17) is 11.2 Å². The number of nitrogens with one attached hydrogen (secondary N) is 2. The molecule has 1 aliphatic rings. The van der Waals surface area contributed by atoms with Gasteiger partial charge in [-0.2, -0.15) is 8.42 Å². The third kappa shape index (κ3) is 3.66. The summed E-state index contributed by atoms with van der Waals surface area (Å²) in [5, 5.41) is 5.06.